The average Bonchev–Trinajstić information content (AvgIpc) is 3.61. The van der Waals surface area contributed by atoms with Crippen molar-refractivity contribution in [1.82, 2.24) is 15.0 Å². The molecular formula is C26H35N5O6Si. The number of carbonyl (C=O) groups is 2. The summed E-state index contributed by atoms with van der Waals surface area (Å²) < 4.78 is 13.7. The molecule has 0 unspecified atom stereocenters. The van der Waals surface area contributed by atoms with Gasteiger partial charge in [0.2, 0.25) is 0 Å². The number of hydrogen-bond acceptors (Lipinski definition) is 8. The number of benzene rings is 1. The standard InChI is InChI=1S/C26H35N5O6Si/c1-5-10-31-21-7-6-19(30-12-14-36-25(30)34)15-20(21)26(24(31)33)17(2)23(38(3,4)35)22(37-26)8-11-29-16-18(9-13-32)27-28-29/h5-7,15-17,22-23,32,35H,1,8-14H2,2-4H3/t17-,22+,23-,26+/m1/s1. The van der Waals surface area contributed by atoms with E-state index in [2.05, 4.69) is 16.9 Å². The van der Waals surface area contributed by atoms with Crippen LogP contribution >= 0.6 is 0 Å². The van der Waals surface area contributed by atoms with E-state index in [9.17, 15) is 19.5 Å². The van der Waals surface area contributed by atoms with Gasteiger partial charge in [-0.25, -0.2) is 4.79 Å². The number of carbonyl (C=O) groups excluding carboxylic acids is 2. The first kappa shape index (κ1) is 26.5. The van der Waals surface area contributed by atoms with Gasteiger partial charge in [-0.1, -0.05) is 18.2 Å². The molecule has 2 N–H and O–H groups in total. The molecule has 2 saturated heterocycles. The number of ether oxygens (including phenoxy) is 2. The van der Waals surface area contributed by atoms with Crippen molar-refractivity contribution in [3.8, 4) is 0 Å². The fourth-order valence-corrected chi connectivity index (χ4v) is 8.98. The summed E-state index contributed by atoms with van der Waals surface area (Å²) in [6.45, 7) is 11.1. The molecule has 1 aromatic heterocycles. The van der Waals surface area contributed by atoms with E-state index in [1.165, 1.54) is 0 Å². The predicted octanol–water partition coefficient (Wildman–Crippen LogP) is 2.19. The SMILES string of the molecule is C=CCN1C(=O)[C@@]2(O[C@@H](CCn3cc(CCO)nn3)[C@H]([Si](C)(C)O)[C@H]2C)c2cc(N3CCOC3=O)ccc21. The van der Waals surface area contributed by atoms with Gasteiger partial charge in [0.1, 0.15) is 6.61 Å². The molecule has 11 nitrogen and oxygen atoms in total. The second-order valence-corrected chi connectivity index (χ2v) is 14.7. The van der Waals surface area contributed by atoms with Gasteiger partial charge < -0.3 is 24.3 Å². The number of fused-ring (bicyclic) bond motifs is 2. The summed E-state index contributed by atoms with van der Waals surface area (Å²) in [6, 6.07) is 5.54. The third kappa shape index (κ3) is 4.25. The molecule has 3 aliphatic heterocycles. The smallest absolute Gasteiger partial charge is 0.414 e. The highest BCUT2D eigenvalue weighted by molar-refractivity contribution is 6.71. The van der Waals surface area contributed by atoms with Crippen LogP contribution in [0, 0.1) is 5.92 Å². The molecule has 12 heteroatoms. The van der Waals surface area contributed by atoms with Gasteiger partial charge in [-0.2, -0.15) is 0 Å². The summed E-state index contributed by atoms with van der Waals surface area (Å²) in [5.74, 6) is -0.500. The van der Waals surface area contributed by atoms with Gasteiger partial charge in [-0.15, -0.1) is 11.7 Å². The average molecular weight is 542 g/mol. The van der Waals surface area contributed by atoms with Crippen molar-refractivity contribution in [3.05, 3.63) is 48.3 Å². The predicted molar refractivity (Wildman–Crippen MR) is 142 cm³/mol. The second-order valence-electron chi connectivity index (χ2n) is 10.8. The highest BCUT2D eigenvalue weighted by Crippen LogP contribution is 2.60. The Balaban J connectivity index is 1.53. The Kier molecular flexibility index (Phi) is 6.92. The number of rotatable bonds is 9. The quantitative estimate of drug-likeness (QED) is 0.365. The molecule has 0 saturated carbocycles. The molecule has 0 bridgehead atoms. The molecular weight excluding hydrogens is 506 g/mol. The summed E-state index contributed by atoms with van der Waals surface area (Å²) >= 11 is 0. The number of nitrogens with zero attached hydrogens (tertiary/aromatic N) is 5. The van der Waals surface area contributed by atoms with Crippen LogP contribution in [0.4, 0.5) is 16.2 Å². The maximum atomic E-state index is 14.2. The van der Waals surface area contributed by atoms with Crippen molar-refractivity contribution in [1.29, 1.82) is 0 Å². The summed E-state index contributed by atoms with van der Waals surface area (Å²) in [4.78, 5) is 41.1. The van der Waals surface area contributed by atoms with Crippen LogP contribution in [0.5, 0.6) is 0 Å². The molecule has 0 radical (unpaired) electrons. The maximum absolute atomic E-state index is 14.2. The molecule has 38 heavy (non-hydrogen) atoms. The first-order chi connectivity index (χ1) is 18.1. The molecule has 4 heterocycles. The summed E-state index contributed by atoms with van der Waals surface area (Å²) in [5, 5.41) is 17.4. The Labute approximate surface area is 222 Å². The molecule has 5 rings (SSSR count). The molecule has 2 amide bonds. The van der Waals surface area contributed by atoms with Crippen LogP contribution in [-0.2, 0) is 32.8 Å². The second kappa shape index (κ2) is 9.91. The zero-order valence-corrected chi connectivity index (χ0v) is 23.0. The van der Waals surface area contributed by atoms with Gasteiger partial charge >= 0.3 is 6.09 Å². The number of aryl methyl sites for hydroxylation is 1. The van der Waals surface area contributed by atoms with E-state index in [1.807, 2.05) is 38.2 Å². The lowest BCUT2D eigenvalue weighted by atomic mass is 9.82. The molecule has 1 spiro atoms. The topological polar surface area (TPSA) is 130 Å². The zero-order chi connectivity index (χ0) is 27.2. The Morgan fingerprint density at radius 3 is 2.76 bits per heavy atom. The molecule has 204 valence electrons. The van der Waals surface area contributed by atoms with E-state index in [0.29, 0.717) is 56.0 Å². The minimum Gasteiger partial charge on any atom is -0.447 e. The maximum Gasteiger partial charge on any atom is 0.414 e. The fraction of sp³-hybridized carbons (Fsp3) is 0.538. The van der Waals surface area contributed by atoms with E-state index in [-0.39, 0.29) is 24.0 Å². The fourth-order valence-electron chi connectivity index (χ4n) is 6.38. The lowest BCUT2D eigenvalue weighted by Crippen LogP contribution is -2.46. The molecule has 2 aromatic rings. The minimum atomic E-state index is -2.81. The van der Waals surface area contributed by atoms with Crippen LogP contribution in [0.1, 0.15) is 24.6 Å². The van der Waals surface area contributed by atoms with E-state index in [0.717, 1.165) is 5.69 Å². The summed E-state index contributed by atoms with van der Waals surface area (Å²) in [6.07, 6.45) is 3.61. The normalized spacial score (nSPS) is 26.9. The van der Waals surface area contributed by atoms with Gasteiger partial charge in [0.05, 0.1) is 24.0 Å². The number of amides is 2. The van der Waals surface area contributed by atoms with Crippen molar-refractivity contribution < 1.29 is 29.0 Å². The van der Waals surface area contributed by atoms with E-state index in [1.54, 1.807) is 26.8 Å². The molecule has 3 aliphatic rings. The summed E-state index contributed by atoms with van der Waals surface area (Å²) in [5.41, 5.74) is 1.24. The third-order valence-electron chi connectivity index (χ3n) is 7.95. The van der Waals surface area contributed by atoms with Crippen molar-refractivity contribution in [2.45, 2.75) is 56.7 Å². The minimum absolute atomic E-state index is 0.00327. The largest absolute Gasteiger partial charge is 0.447 e. The van der Waals surface area contributed by atoms with Crippen LogP contribution in [0.15, 0.2) is 37.1 Å². The van der Waals surface area contributed by atoms with Crippen molar-refractivity contribution in [2.75, 3.05) is 36.1 Å². The van der Waals surface area contributed by atoms with Crippen LogP contribution in [0.3, 0.4) is 0 Å². The number of aromatic nitrogens is 3. The third-order valence-corrected chi connectivity index (χ3v) is 10.5. The Morgan fingerprint density at radius 2 is 2.11 bits per heavy atom. The molecule has 2 fully saturated rings. The zero-order valence-electron chi connectivity index (χ0n) is 22.0. The highest BCUT2D eigenvalue weighted by atomic mass is 28.4. The van der Waals surface area contributed by atoms with Crippen LogP contribution < -0.4 is 9.80 Å². The van der Waals surface area contributed by atoms with Gasteiger partial charge in [0.15, 0.2) is 13.9 Å². The van der Waals surface area contributed by atoms with Gasteiger partial charge in [0, 0.05) is 55.0 Å². The number of cyclic esters (lactones) is 1. The van der Waals surface area contributed by atoms with Gasteiger partial charge in [-0.3, -0.25) is 14.4 Å². The lowest BCUT2D eigenvalue weighted by Gasteiger charge is -2.32. The van der Waals surface area contributed by atoms with E-state index < -0.39 is 26.1 Å². The Bertz CT molecular complexity index is 1240. The van der Waals surface area contributed by atoms with Crippen molar-refractivity contribution in [2.24, 2.45) is 5.92 Å². The van der Waals surface area contributed by atoms with Gasteiger partial charge in [0.25, 0.3) is 5.91 Å². The monoisotopic (exact) mass is 541 g/mol. The van der Waals surface area contributed by atoms with Gasteiger partial charge in [-0.05, 0) is 37.7 Å². The first-order valence-electron chi connectivity index (χ1n) is 13.0. The number of hydrogen-bond donors (Lipinski definition) is 2. The van der Waals surface area contributed by atoms with Crippen molar-refractivity contribution in [3.63, 3.8) is 0 Å². The molecule has 0 aliphatic carbocycles. The molecule has 1 aromatic carbocycles. The Morgan fingerprint density at radius 1 is 1.32 bits per heavy atom. The summed E-state index contributed by atoms with van der Waals surface area (Å²) in [7, 11) is -2.81. The Hall–Kier alpha value is -3.06. The highest BCUT2D eigenvalue weighted by Gasteiger charge is 2.66. The van der Waals surface area contributed by atoms with Crippen molar-refractivity contribution >= 4 is 31.7 Å². The lowest BCUT2D eigenvalue weighted by molar-refractivity contribution is -0.145. The number of anilines is 2. The number of aliphatic hydroxyl groups is 1. The van der Waals surface area contributed by atoms with Crippen LogP contribution in [0.2, 0.25) is 18.6 Å². The van der Waals surface area contributed by atoms with E-state index >= 15 is 0 Å². The number of aliphatic hydroxyl groups excluding tert-OH is 1. The van der Waals surface area contributed by atoms with Crippen LogP contribution in [-0.4, -0.2) is 77.6 Å². The van der Waals surface area contributed by atoms with Crippen LogP contribution in [0.25, 0.3) is 0 Å². The van der Waals surface area contributed by atoms with E-state index in [4.69, 9.17) is 9.47 Å². The molecule has 4 atom stereocenters. The first-order valence-corrected chi connectivity index (χ1v) is 16.1.